The third-order valence-corrected chi connectivity index (χ3v) is 5.76. The fourth-order valence-corrected chi connectivity index (χ4v) is 3.47. The molecule has 0 saturated carbocycles. The Labute approximate surface area is 133 Å². The number of hydrogen-bond acceptors (Lipinski definition) is 3. The molecular weight excluding hydrogens is 400 g/mol. The SMILES string of the molecule is Sc1ccc(Sc2ccc(S)c(Br)c2)cc1Br. The minimum Gasteiger partial charge on any atom is -0.142 e. The Morgan fingerprint density at radius 1 is 0.765 bits per heavy atom. The number of halogens is 2. The second-order valence-electron chi connectivity index (χ2n) is 3.33. The first-order valence-electron chi connectivity index (χ1n) is 4.71. The highest BCUT2D eigenvalue weighted by Gasteiger charge is 2.03. The van der Waals surface area contributed by atoms with Crippen LogP contribution >= 0.6 is 68.9 Å². The summed E-state index contributed by atoms with van der Waals surface area (Å²) in [4.78, 5) is 4.24. The first-order valence-corrected chi connectivity index (χ1v) is 8.01. The fourth-order valence-electron chi connectivity index (χ4n) is 1.24. The van der Waals surface area contributed by atoms with Gasteiger partial charge in [-0.05, 0) is 68.3 Å². The molecule has 2 aromatic rings. The molecule has 88 valence electrons. The molecular formula is C12H8Br2S3. The Morgan fingerprint density at radius 2 is 1.18 bits per heavy atom. The van der Waals surface area contributed by atoms with Gasteiger partial charge in [-0.1, -0.05) is 11.8 Å². The quantitative estimate of drug-likeness (QED) is 0.580. The van der Waals surface area contributed by atoms with Gasteiger partial charge in [-0.15, -0.1) is 25.3 Å². The standard InChI is InChI=1S/C12H8Br2S3/c13-9-5-7(1-3-11(9)15)17-8-2-4-12(16)10(14)6-8/h1-6,15-16H. The van der Waals surface area contributed by atoms with Crippen LogP contribution in [-0.4, -0.2) is 0 Å². The van der Waals surface area contributed by atoms with E-state index in [4.69, 9.17) is 0 Å². The van der Waals surface area contributed by atoms with Crippen molar-refractivity contribution in [2.24, 2.45) is 0 Å². The maximum atomic E-state index is 4.33. The Morgan fingerprint density at radius 3 is 1.53 bits per heavy atom. The monoisotopic (exact) mass is 406 g/mol. The molecule has 0 unspecified atom stereocenters. The van der Waals surface area contributed by atoms with E-state index in [0.29, 0.717) is 0 Å². The van der Waals surface area contributed by atoms with Crippen molar-refractivity contribution >= 4 is 68.9 Å². The van der Waals surface area contributed by atoms with E-state index >= 15 is 0 Å². The number of thiol groups is 2. The van der Waals surface area contributed by atoms with Gasteiger partial charge in [0.1, 0.15) is 0 Å². The van der Waals surface area contributed by atoms with Gasteiger partial charge in [0.15, 0.2) is 0 Å². The smallest absolute Gasteiger partial charge is 0.0319 e. The third-order valence-electron chi connectivity index (χ3n) is 2.07. The third kappa shape index (κ3) is 3.70. The molecule has 17 heavy (non-hydrogen) atoms. The lowest BCUT2D eigenvalue weighted by Crippen LogP contribution is -1.77. The summed E-state index contributed by atoms with van der Waals surface area (Å²) in [5.41, 5.74) is 0. The Hall–Kier alpha value is 0.450. The molecule has 0 aliphatic carbocycles. The lowest BCUT2D eigenvalue weighted by atomic mass is 10.4. The van der Waals surface area contributed by atoms with Crippen molar-refractivity contribution in [1.29, 1.82) is 0 Å². The van der Waals surface area contributed by atoms with E-state index in [1.54, 1.807) is 11.8 Å². The molecule has 0 radical (unpaired) electrons. The first-order chi connectivity index (χ1) is 8.06. The fraction of sp³-hybridized carbons (Fsp3) is 0. The number of benzene rings is 2. The minimum absolute atomic E-state index is 0.946. The summed E-state index contributed by atoms with van der Waals surface area (Å²) in [6.45, 7) is 0. The van der Waals surface area contributed by atoms with E-state index < -0.39 is 0 Å². The van der Waals surface area contributed by atoms with Gasteiger partial charge in [-0.25, -0.2) is 0 Å². The van der Waals surface area contributed by atoms with Crippen LogP contribution in [0.3, 0.4) is 0 Å². The lowest BCUT2D eigenvalue weighted by molar-refractivity contribution is 1.29. The Kier molecular flexibility index (Phi) is 4.95. The van der Waals surface area contributed by atoms with Gasteiger partial charge in [-0.2, -0.15) is 0 Å². The van der Waals surface area contributed by atoms with Crippen molar-refractivity contribution in [1.82, 2.24) is 0 Å². The summed E-state index contributed by atoms with van der Waals surface area (Å²) < 4.78 is 2.02. The number of rotatable bonds is 2. The van der Waals surface area contributed by atoms with Gasteiger partial charge < -0.3 is 0 Å². The van der Waals surface area contributed by atoms with Crippen LogP contribution in [0.25, 0.3) is 0 Å². The summed E-state index contributed by atoms with van der Waals surface area (Å²) in [5.74, 6) is 0. The molecule has 0 aliphatic rings. The second-order valence-corrected chi connectivity index (χ2v) is 7.15. The Bertz CT molecular complexity index is 506. The van der Waals surface area contributed by atoms with Gasteiger partial charge >= 0.3 is 0 Å². The van der Waals surface area contributed by atoms with Gasteiger partial charge in [0.05, 0.1) is 0 Å². The molecule has 0 N–H and O–H groups in total. The van der Waals surface area contributed by atoms with Crippen molar-refractivity contribution in [2.75, 3.05) is 0 Å². The minimum atomic E-state index is 0.946. The van der Waals surface area contributed by atoms with Gasteiger partial charge in [-0.3, -0.25) is 0 Å². The maximum Gasteiger partial charge on any atom is 0.0319 e. The molecule has 2 rings (SSSR count). The topological polar surface area (TPSA) is 0 Å². The molecule has 0 bridgehead atoms. The lowest BCUT2D eigenvalue weighted by Gasteiger charge is -2.05. The van der Waals surface area contributed by atoms with Crippen molar-refractivity contribution in [3.05, 3.63) is 45.3 Å². The van der Waals surface area contributed by atoms with E-state index in [0.717, 1.165) is 18.7 Å². The largest absolute Gasteiger partial charge is 0.142 e. The first kappa shape index (κ1) is 13.9. The van der Waals surface area contributed by atoms with E-state index in [9.17, 15) is 0 Å². The number of hydrogen-bond donors (Lipinski definition) is 2. The molecule has 2 aromatic carbocycles. The van der Waals surface area contributed by atoms with Crippen LogP contribution < -0.4 is 0 Å². The van der Waals surface area contributed by atoms with E-state index in [1.165, 1.54) is 9.79 Å². The average molecular weight is 408 g/mol. The molecule has 0 heterocycles. The van der Waals surface area contributed by atoms with Gasteiger partial charge in [0.2, 0.25) is 0 Å². The van der Waals surface area contributed by atoms with Crippen LogP contribution in [0, 0.1) is 0 Å². The second kappa shape index (κ2) is 6.06. The molecule has 0 aromatic heterocycles. The molecule has 0 fully saturated rings. The highest BCUT2D eigenvalue weighted by atomic mass is 79.9. The van der Waals surface area contributed by atoms with Crippen molar-refractivity contribution in [2.45, 2.75) is 19.6 Å². The summed E-state index contributed by atoms with van der Waals surface area (Å²) in [5, 5.41) is 0. The van der Waals surface area contributed by atoms with Crippen LogP contribution in [0.5, 0.6) is 0 Å². The van der Waals surface area contributed by atoms with Crippen LogP contribution in [0.4, 0.5) is 0 Å². The van der Waals surface area contributed by atoms with Gasteiger partial charge in [0.25, 0.3) is 0 Å². The highest BCUT2D eigenvalue weighted by molar-refractivity contribution is 9.10. The summed E-state index contributed by atoms with van der Waals surface area (Å²) in [6, 6.07) is 12.2. The summed E-state index contributed by atoms with van der Waals surface area (Å²) in [6.07, 6.45) is 0. The van der Waals surface area contributed by atoms with Crippen LogP contribution in [0.15, 0.2) is 64.9 Å². The molecule has 0 aliphatic heterocycles. The van der Waals surface area contributed by atoms with Crippen molar-refractivity contribution in [3.63, 3.8) is 0 Å². The normalized spacial score (nSPS) is 10.6. The molecule has 5 heteroatoms. The molecule has 0 atom stereocenters. The highest BCUT2D eigenvalue weighted by Crippen LogP contribution is 2.34. The van der Waals surface area contributed by atoms with Gasteiger partial charge in [0, 0.05) is 28.5 Å². The Balaban J connectivity index is 2.25. The van der Waals surface area contributed by atoms with Crippen molar-refractivity contribution < 1.29 is 0 Å². The summed E-state index contributed by atoms with van der Waals surface area (Å²) >= 11 is 17.3. The summed E-state index contributed by atoms with van der Waals surface area (Å²) in [7, 11) is 0. The van der Waals surface area contributed by atoms with E-state index in [-0.39, 0.29) is 0 Å². The van der Waals surface area contributed by atoms with Crippen LogP contribution in [0.1, 0.15) is 0 Å². The zero-order chi connectivity index (χ0) is 12.4. The average Bonchev–Trinajstić information content (AvgIpc) is 2.29. The molecule has 0 amide bonds. The zero-order valence-corrected chi connectivity index (χ0v) is 14.3. The maximum absolute atomic E-state index is 4.33. The van der Waals surface area contributed by atoms with Crippen LogP contribution in [0.2, 0.25) is 0 Å². The van der Waals surface area contributed by atoms with Crippen molar-refractivity contribution in [3.8, 4) is 0 Å². The zero-order valence-electron chi connectivity index (χ0n) is 8.52. The van der Waals surface area contributed by atoms with E-state index in [1.807, 2.05) is 12.1 Å². The predicted molar refractivity (Wildman–Crippen MR) is 86.9 cm³/mol. The molecule has 0 saturated heterocycles. The van der Waals surface area contributed by atoms with E-state index in [2.05, 4.69) is 81.4 Å². The molecule has 0 nitrogen and oxygen atoms in total. The molecule has 0 spiro atoms. The van der Waals surface area contributed by atoms with Crippen LogP contribution in [-0.2, 0) is 0 Å². The predicted octanol–water partition coefficient (Wildman–Crippen LogP) is 5.94.